The lowest BCUT2D eigenvalue weighted by molar-refractivity contribution is 0.0546. The summed E-state index contributed by atoms with van der Waals surface area (Å²) in [6.45, 7) is 2.53. The van der Waals surface area contributed by atoms with Crippen molar-refractivity contribution in [2.24, 2.45) is 0 Å². The van der Waals surface area contributed by atoms with E-state index in [0.717, 1.165) is 0 Å². The highest BCUT2D eigenvalue weighted by Crippen LogP contribution is 2.19. The van der Waals surface area contributed by atoms with Crippen LogP contribution in [-0.4, -0.2) is 74.1 Å². The molecule has 2 heterocycles. The first-order valence-corrected chi connectivity index (χ1v) is 9.58. The van der Waals surface area contributed by atoms with Crippen LogP contribution in [0.5, 0.6) is 0 Å². The summed E-state index contributed by atoms with van der Waals surface area (Å²) in [5.74, 6) is -0.128. The summed E-state index contributed by atoms with van der Waals surface area (Å²) in [7, 11) is -3.54. The minimum absolute atomic E-state index is 0.128. The zero-order valence-electron chi connectivity index (χ0n) is 13.4. The summed E-state index contributed by atoms with van der Waals surface area (Å²) < 4.78 is 31.7. The van der Waals surface area contributed by atoms with Crippen molar-refractivity contribution in [1.82, 2.24) is 9.21 Å². The van der Waals surface area contributed by atoms with Gasteiger partial charge in [0.25, 0.3) is 5.91 Å². The Morgan fingerprint density at radius 2 is 1.62 bits per heavy atom. The lowest BCUT2D eigenvalue weighted by Gasteiger charge is -2.29. The molecule has 24 heavy (non-hydrogen) atoms. The number of morpholine rings is 1. The van der Waals surface area contributed by atoms with Gasteiger partial charge >= 0.3 is 0 Å². The van der Waals surface area contributed by atoms with Crippen molar-refractivity contribution >= 4 is 15.9 Å². The summed E-state index contributed by atoms with van der Waals surface area (Å²) in [5, 5.41) is 9.51. The molecule has 0 bridgehead atoms. The number of carbonyl (C=O) groups is 1. The fourth-order valence-corrected chi connectivity index (χ4v) is 4.36. The molecule has 0 unspecified atom stereocenters. The van der Waals surface area contributed by atoms with Crippen LogP contribution < -0.4 is 0 Å². The average Bonchev–Trinajstić information content (AvgIpc) is 2.62. The maximum Gasteiger partial charge on any atom is 0.253 e. The normalized spacial score (nSPS) is 21.0. The predicted octanol–water partition coefficient (Wildman–Crippen LogP) is 0.304. The van der Waals surface area contributed by atoms with Crippen LogP contribution in [0.4, 0.5) is 0 Å². The average molecular weight is 354 g/mol. The molecular formula is C16H22N2O5S. The number of hydrogen-bond acceptors (Lipinski definition) is 5. The molecule has 2 fully saturated rings. The van der Waals surface area contributed by atoms with E-state index in [9.17, 15) is 18.3 Å². The summed E-state index contributed by atoms with van der Waals surface area (Å²) in [6, 6.07) is 6.08. The number of rotatable bonds is 3. The fourth-order valence-electron chi connectivity index (χ4n) is 2.96. The van der Waals surface area contributed by atoms with Gasteiger partial charge < -0.3 is 14.7 Å². The van der Waals surface area contributed by atoms with E-state index in [1.165, 1.54) is 16.4 Å². The van der Waals surface area contributed by atoms with E-state index in [2.05, 4.69) is 0 Å². The molecule has 2 saturated heterocycles. The Bertz CT molecular complexity index is 675. The molecule has 7 nitrogen and oxygen atoms in total. The van der Waals surface area contributed by atoms with E-state index in [4.69, 9.17) is 4.74 Å². The molecule has 1 aromatic carbocycles. The number of ether oxygens (including phenoxy) is 1. The molecule has 2 aliphatic rings. The largest absolute Gasteiger partial charge is 0.393 e. The fraction of sp³-hybridized carbons (Fsp3) is 0.562. The number of likely N-dealkylation sites (tertiary alicyclic amines) is 1. The monoisotopic (exact) mass is 354 g/mol. The second-order valence-electron chi connectivity index (χ2n) is 6.06. The van der Waals surface area contributed by atoms with Crippen LogP contribution in [-0.2, 0) is 14.8 Å². The molecule has 132 valence electrons. The van der Waals surface area contributed by atoms with Crippen molar-refractivity contribution in [3.63, 3.8) is 0 Å². The first-order chi connectivity index (χ1) is 11.5. The Morgan fingerprint density at radius 1 is 1.04 bits per heavy atom. The number of carbonyl (C=O) groups excluding carboxylic acids is 1. The van der Waals surface area contributed by atoms with E-state index in [1.54, 1.807) is 17.0 Å². The molecule has 1 N–H and O–H groups in total. The zero-order valence-corrected chi connectivity index (χ0v) is 14.2. The third-order valence-corrected chi connectivity index (χ3v) is 6.37. The second kappa shape index (κ2) is 7.18. The van der Waals surface area contributed by atoms with Crippen LogP contribution >= 0.6 is 0 Å². The SMILES string of the molecule is O=C(c1ccc(S(=O)(=O)N2CCOCC2)cc1)N1CCC(O)CC1. The molecule has 0 aromatic heterocycles. The summed E-state index contributed by atoms with van der Waals surface area (Å²) in [4.78, 5) is 14.3. The number of sulfonamides is 1. The van der Waals surface area contributed by atoms with Gasteiger partial charge in [-0.2, -0.15) is 4.31 Å². The first kappa shape index (κ1) is 17.3. The molecule has 2 aliphatic heterocycles. The van der Waals surface area contributed by atoms with Crippen LogP contribution in [0.2, 0.25) is 0 Å². The van der Waals surface area contributed by atoms with Crippen LogP contribution in [0.15, 0.2) is 29.2 Å². The number of amides is 1. The van der Waals surface area contributed by atoms with Gasteiger partial charge in [-0.15, -0.1) is 0 Å². The lowest BCUT2D eigenvalue weighted by atomic mass is 10.1. The maximum atomic E-state index is 12.6. The Hall–Kier alpha value is -1.48. The van der Waals surface area contributed by atoms with Crippen LogP contribution in [0.25, 0.3) is 0 Å². The molecule has 0 spiro atoms. The van der Waals surface area contributed by atoms with Crippen molar-refractivity contribution in [1.29, 1.82) is 0 Å². The Balaban J connectivity index is 1.72. The summed E-state index contributed by atoms with van der Waals surface area (Å²) in [6.07, 6.45) is 0.819. The molecular weight excluding hydrogens is 332 g/mol. The minimum Gasteiger partial charge on any atom is -0.393 e. The number of benzene rings is 1. The number of aliphatic hydroxyl groups excluding tert-OH is 1. The maximum absolute atomic E-state index is 12.6. The molecule has 3 rings (SSSR count). The quantitative estimate of drug-likeness (QED) is 0.844. The highest BCUT2D eigenvalue weighted by Gasteiger charge is 2.27. The number of nitrogens with zero attached hydrogens (tertiary/aromatic N) is 2. The summed E-state index contributed by atoms with van der Waals surface area (Å²) >= 11 is 0. The van der Waals surface area contributed by atoms with Gasteiger partial charge in [-0.25, -0.2) is 8.42 Å². The molecule has 0 aliphatic carbocycles. The highest BCUT2D eigenvalue weighted by molar-refractivity contribution is 7.89. The molecule has 0 saturated carbocycles. The van der Waals surface area contributed by atoms with Gasteiger partial charge in [-0.05, 0) is 37.1 Å². The molecule has 8 heteroatoms. The third kappa shape index (κ3) is 3.61. The van der Waals surface area contributed by atoms with Gasteiger partial charge in [-0.1, -0.05) is 0 Å². The van der Waals surface area contributed by atoms with Gasteiger partial charge in [0.15, 0.2) is 0 Å². The molecule has 1 aromatic rings. The van der Waals surface area contributed by atoms with Crippen molar-refractivity contribution in [2.75, 3.05) is 39.4 Å². The van der Waals surface area contributed by atoms with Crippen molar-refractivity contribution in [3.8, 4) is 0 Å². The molecule has 0 atom stereocenters. The number of piperidine rings is 1. The Kier molecular flexibility index (Phi) is 5.19. The molecule has 1 amide bonds. The highest BCUT2D eigenvalue weighted by atomic mass is 32.2. The Labute approximate surface area is 141 Å². The predicted molar refractivity (Wildman–Crippen MR) is 87.2 cm³/mol. The van der Waals surface area contributed by atoms with E-state index in [1.807, 2.05) is 0 Å². The van der Waals surface area contributed by atoms with E-state index in [-0.39, 0.29) is 16.9 Å². The minimum atomic E-state index is -3.54. The van der Waals surface area contributed by atoms with Crippen molar-refractivity contribution in [2.45, 2.75) is 23.8 Å². The Morgan fingerprint density at radius 3 is 2.21 bits per heavy atom. The van der Waals surface area contributed by atoms with Crippen LogP contribution in [0, 0.1) is 0 Å². The first-order valence-electron chi connectivity index (χ1n) is 8.14. The lowest BCUT2D eigenvalue weighted by Crippen LogP contribution is -2.41. The van der Waals surface area contributed by atoms with Gasteiger partial charge in [0.1, 0.15) is 0 Å². The summed E-state index contributed by atoms with van der Waals surface area (Å²) in [5.41, 5.74) is 0.465. The number of hydrogen-bond donors (Lipinski definition) is 1. The van der Waals surface area contributed by atoms with Crippen LogP contribution in [0.1, 0.15) is 23.2 Å². The number of aliphatic hydroxyl groups is 1. The second-order valence-corrected chi connectivity index (χ2v) is 8.00. The van der Waals surface area contributed by atoms with E-state index < -0.39 is 10.0 Å². The van der Waals surface area contributed by atoms with Crippen molar-refractivity contribution in [3.05, 3.63) is 29.8 Å². The van der Waals surface area contributed by atoms with E-state index in [0.29, 0.717) is 57.8 Å². The van der Waals surface area contributed by atoms with Gasteiger partial charge in [0.2, 0.25) is 10.0 Å². The zero-order chi connectivity index (χ0) is 17.2. The smallest absolute Gasteiger partial charge is 0.253 e. The van der Waals surface area contributed by atoms with Gasteiger partial charge in [-0.3, -0.25) is 4.79 Å². The molecule has 0 radical (unpaired) electrons. The van der Waals surface area contributed by atoms with Gasteiger partial charge in [0, 0.05) is 31.7 Å². The van der Waals surface area contributed by atoms with Crippen LogP contribution in [0.3, 0.4) is 0 Å². The third-order valence-electron chi connectivity index (χ3n) is 4.46. The van der Waals surface area contributed by atoms with Crippen molar-refractivity contribution < 1.29 is 23.1 Å². The standard InChI is InChI=1S/C16H22N2O5S/c19-14-5-7-17(8-6-14)16(20)13-1-3-15(4-2-13)24(21,22)18-9-11-23-12-10-18/h1-4,14,19H,5-12H2. The van der Waals surface area contributed by atoms with Gasteiger partial charge in [0.05, 0.1) is 24.2 Å². The topological polar surface area (TPSA) is 87.2 Å². The van der Waals surface area contributed by atoms with E-state index >= 15 is 0 Å².